The zero-order valence-corrected chi connectivity index (χ0v) is 12.8. The molecule has 0 radical (unpaired) electrons. The first kappa shape index (κ1) is 16.7. The number of thioether (sulfide) groups is 1. The molecule has 1 atom stereocenters. The van der Waals surface area contributed by atoms with Gasteiger partial charge in [-0.25, -0.2) is 0 Å². The Morgan fingerprint density at radius 1 is 1.45 bits per heavy atom. The van der Waals surface area contributed by atoms with E-state index < -0.39 is 0 Å². The van der Waals surface area contributed by atoms with Gasteiger partial charge in [0.2, 0.25) is 0 Å². The molecular weight excluding hydrogens is 319 g/mol. The van der Waals surface area contributed by atoms with Crippen LogP contribution < -0.4 is 5.73 Å². The summed E-state index contributed by atoms with van der Waals surface area (Å²) in [5.74, 6) is 1.01. The van der Waals surface area contributed by atoms with Crippen LogP contribution in [0, 0.1) is 0 Å². The Balaban J connectivity index is 0.000001000. The number of halogens is 2. The summed E-state index contributed by atoms with van der Waals surface area (Å²) in [5, 5.41) is 12.0. The van der Waals surface area contributed by atoms with Crippen LogP contribution in [0.3, 0.4) is 0 Å². The molecule has 0 aromatic carbocycles. The van der Waals surface area contributed by atoms with E-state index >= 15 is 0 Å². The lowest BCUT2D eigenvalue weighted by Crippen LogP contribution is -2.14. The summed E-state index contributed by atoms with van der Waals surface area (Å²) in [6.45, 7) is 0. The first-order chi connectivity index (χ1) is 8.81. The minimum Gasteiger partial charge on any atom is -0.409 e. The Morgan fingerprint density at radius 2 is 2.25 bits per heavy atom. The van der Waals surface area contributed by atoms with E-state index in [1.807, 2.05) is 24.5 Å². The maximum absolute atomic E-state index is 8.76. The molecule has 3 rings (SSSR count). The first-order valence-electron chi connectivity index (χ1n) is 5.50. The topological polar surface area (TPSA) is 76.4 Å². The average molecular weight is 333 g/mol. The van der Waals surface area contributed by atoms with Crippen LogP contribution in [0.25, 0.3) is 0 Å². The van der Waals surface area contributed by atoms with Crippen molar-refractivity contribution in [3.8, 4) is 0 Å². The summed E-state index contributed by atoms with van der Waals surface area (Å²) >= 11 is 1.80. The first-order valence-corrected chi connectivity index (χ1v) is 6.55. The van der Waals surface area contributed by atoms with Gasteiger partial charge in [0.15, 0.2) is 5.84 Å². The molecule has 1 unspecified atom stereocenters. The van der Waals surface area contributed by atoms with E-state index in [4.69, 9.17) is 10.9 Å². The summed E-state index contributed by atoms with van der Waals surface area (Å²) in [6, 6.07) is 5.87. The number of fused-ring (bicyclic) bond motifs is 1. The molecule has 0 fully saturated rings. The van der Waals surface area contributed by atoms with Crippen LogP contribution in [0.15, 0.2) is 41.9 Å². The zero-order chi connectivity index (χ0) is 12.5. The molecule has 0 aliphatic carbocycles. The van der Waals surface area contributed by atoms with Crippen molar-refractivity contribution in [1.29, 1.82) is 0 Å². The van der Waals surface area contributed by atoms with E-state index in [1.54, 1.807) is 18.0 Å². The summed E-state index contributed by atoms with van der Waals surface area (Å²) in [5.41, 5.74) is 8.71. The van der Waals surface area contributed by atoms with Gasteiger partial charge in [0.1, 0.15) is 5.37 Å². The molecule has 108 valence electrons. The second-order valence-electron chi connectivity index (χ2n) is 4.02. The molecule has 3 heterocycles. The molecule has 0 saturated heterocycles. The van der Waals surface area contributed by atoms with Gasteiger partial charge in [-0.15, -0.1) is 36.6 Å². The summed E-state index contributed by atoms with van der Waals surface area (Å²) in [6.07, 6.45) is 5.61. The van der Waals surface area contributed by atoms with E-state index in [2.05, 4.69) is 20.8 Å². The van der Waals surface area contributed by atoms with Gasteiger partial charge in [-0.1, -0.05) is 11.2 Å². The summed E-state index contributed by atoms with van der Waals surface area (Å²) in [7, 11) is 0. The molecule has 2 aromatic heterocycles. The van der Waals surface area contributed by atoms with Gasteiger partial charge < -0.3 is 15.5 Å². The molecular formula is C12H14Cl2N4OS. The highest BCUT2D eigenvalue weighted by Gasteiger charge is 2.27. The van der Waals surface area contributed by atoms with Gasteiger partial charge in [-0.2, -0.15) is 0 Å². The third-order valence-corrected chi connectivity index (χ3v) is 4.26. The third kappa shape index (κ3) is 2.72. The Morgan fingerprint density at radius 3 is 2.90 bits per heavy atom. The number of rotatable bonds is 2. The van der Waals surface area contributed by atoms with E-state index in [0.717, 1.165) is 22.6 Å². The molecule has 5 nitrogen and oxygen atoms in total. The lowest BCUT2D eigenvalue weighted by atomic mass is 10.2. The monoisotopic (exact) mass is 332 g/mol. The Kier molecular flexibility index (Phi) is 5.74. The minimum absolute atomic E-state index is 0. The maximum Gasteiger partial charge on any atom is 0.171 e. The SMILES string of the molecule is Cl.Cl.NC(=NO)c1ccn2c1CSC2c1cccnc1. The number of aromatic nitrogens is 2. The van der Waals surface area contributed by atoms with Crippen molar-refractivity contribution in [1.82, 2.24) is 9.55 Å². The van der Waals surface area contributed by atoms with Crippen LogP contribution in [0.2, 0.25) is 0 Å². The van der Waals surface area contributed by atoms with E-state index in [-0.39, 0.29) is 36.0 Å². The quantitative estimate of drug-likeness (QED) is 0.383. The smallest absolute Gasteiger partial charge is 0.171 e. The van der Waals surface area contributed by atoms with Gasteiger partial charge in [0.25, 0.3) is 0 Å². The number of pyridine rings is 1. The molecule has 0 spiro atoms. The second kappa shape index (κ2) is 6.88. The van der Waals surface area contributed by atoms with E-state index in [1.165, 1.54) is 0 Å². The highest BCUT2D eigenvalue weighted by Crippen LogP contribution is 2.41. The molecule has 2 aromatic rings. The number of oxime groups is 1. The van der Waals surface area contributed by atoms with Crippen LogP contribution in [0.5, 0.6) is 0 Å². The van der Waals surface area contributed by atoms with Crippen molar-refractivity contribution in [2.45, 2.75) is 11.1 Å². The normalized spacial score (nSPS) is 17.0. The Hall–Kier alpha value is -1.37. The van der Waals surface area contributed by atoms with Gasteiger partial charge in [-0.05, 0) is 12.1 Å². The average Bonchev–Trinajstić information content (AvgIpc) is 3.00. The van der Waals surface area contributed by atoms with Crippen molar-refractivity contribution < 1.29 is 5.21 Å². The van der Waals surface area contributed by atoms with Crippen LogP contribution in [0.4, 0.5) is 0 Å². The summed E-state index contributed by atoms with van der Waals surface area (Å²) < 4.78 is 2.15. The van der Waals surface area contributed by atoms with Crippen molar-refractivity contribution in [2.24, 2.45) is 10.9 Å². The fourth-order valence-corrected chi connectivity index (χ4v) is 3.47. The largest absolute Gasteiger partial charge is 0.409 e. The fourth-order valence-electron chi connectivity index (χ4n) is 2.16. The van der Waals surface area contributed by atoms with Crippen LogP contribution in [0.1, 0.15) is 22.2 Å². The van der Waals surface area contributed by atoms with Crippen molar-refractivity contribution in [3.63, 3.8) is 0 Å². The lowest BCUT2D eigenvalue weighted by Gasteiger charge is -2.11. The van der Waals surface area contributed by atoms with Crippen molar-refractivity contribution >= 4 is 42.4 Å². The second-order valence-corrected chi connectivity index (χ2v) is 5.09. The number of nitrogens with zero attached hydrogens (tertiary/aromatic N) is 3. The molecule has 3 N–H and O–H groups in total. The van der Waals surface area contributed by atoms with Crippen molar-refractivity contribution in [2.75, 3.05) is 0 Å². The van der Waals surface area contributed by atoms with E-state index in [9.17, 15) is 0 Å². The predicted molar refractivity (Wildman–Crippen MR) is 85.1 cm³/mol. The Labute approximate surface area is 133 Å². The van der Waals surface area contributed by atoms with Gasteiger partial charge >= 0.3 is 0 Å². The van der Waals surface area contributed by atoms with Gasteiger partial charge in [-0.3, -0.25) is 4.98 Å². The van der Waals surface area contributed by atoms with Crippen LogP contribution in [-0.4, -0.2) is 20.6 Å². The lowest BCUT2D eigenvalue weighted by molar-refractivity contribution is 0.318. The number of hydrogen-bond acceptors (Lipinski definition) is 4. The molecule has 8 heteroatoms. The summed E-state index contributed by atoms with van der Waals surface area (Å²) in [4.78, 5) is 4.15. The fraction of sp³-hybridized carbons (Fsp3) is 0.167. The maximum atomic E-state index is 8.76. The van der Waals surface area contributed by atoms with Crippen LogP contribution >= 0.6 is 36.6 Å². The minimum atomic E-state index is 0. The molecule has 1 aliphatic rings. The molecule has 20 heavy (non-hydrogen) atoms. The third-order valence-electron chi connectivity index (χ3n) is 3.01. The molecule has 0 saturated carbocycles. The number of nitrogens with two attached hydrogens (primary N) is 1. The van der Waals surface area contributed by atoms with Crippen molar-refractivity contribution in [3.05, 3.63) is 53.6 Å². The van der Waals surface area contributed by atoms with E-state index in [0.29, 0.717) is 0 Å². The van der Waals surface area contributed by atoms with Gasteiger partial charge in [0.05, 0.1) is 0 Å². The number of amidine groups is 1. The Bertz CT molecular complexity index is 603. The van der Waals surface area contributed by atoms with Gasteiger partial charge in [0, 0.05) is 41.2 Å². The molecule has 0 bridgehead atoms. The number of hydrogen-bond donors (Lipinski definition) is 2. The standard InChI is InChI=1S/C12H12N4OS.2ClH/c13-11(15-17)9-3-5-16-10(9)7-18-12(16)8-2-1-4-14-6-8;;/h1-6,12,17H,7H2,(H2,13,15);2*1H. The molecule has 0 amide bonds. The van der Waals surface area contributed by atoms with Crippen LogP contribution in [-0.2, 0) is 5.75 Å². The molecule has 1 aliphatic heterocycles. The highest BCUT2D eigenvalue weighted by molar-refractivity contribution is 7.99. The predicted octanol–water partition coefficient (Wildman–Crippen LogP) is 2.61. The zero-order valence-electron chi connectivity index (χ0n) is 10.3. The highest BCUT2D eigenvalue weighted by atomic mass is 35.5.